The number of hydrogen-bond acceptors (Lipinski definition) is 3. The number of piperidine rings is 2. The Hall–Kier alpha value is -2.76. The average molecular weight is 395 g/mol. The fourth-order valence-electron chi connectivity index (χ4n) is 4.53. The number of benzene rings is 1. The third kappa shape index (κ3) is 4.63. The van der Waals surface area contributed by atoms with E-state index in [1.807, 2.05) is 28.1 Å². The first-order valence-corrected chi connectivity index (χ1v) is 10.2. The Bertz CT molecular complexity index is 879. The van der Waals surface area contributed by atoms with Gasteiger partial charge < -0.3 is 9.80 Å². The average Bonchev–Trinajstić information content (AvgIpc) is 2.72. The van der Waals surface area contributed by atoms with Gasteiger partial charge in [0, 0.05) is 45.0 Å². The summed E-state index contributed by atoms with van der Waals surface area (Å²) in [5.41, 5.74) is 1.84. The molecule has 29 heavy (non-hydrogen) atoms. The molecule has 2 aliphatic heterocycles. The first-order chi connectivity index (χ1) is 14.0. The standard InChI is InChI=1S/C23H26FN3O2/c24-20-5-1-3-18(13-20)14-22(29)26-11-8-23(9-12-26)7-6-21(28)27(17-23)16-19-4-2-10-25-15-19/h1-5,10,13,15H,6-9,11-12,14,16-17H2. The lowest BCUT2D eigenvalue weighted by Gasteiger charge is -2.47. The SMILES string of the molecule is O=C(Cc1cccc(F)c1)N1CCC2(CCC(=O)N(Cc3cccnc3)C2)CC1. The van der Waals surface area contributed by atoms with E-state index in [1.54, 1.807) is 18.3 Å². The normalized spacial score (nSPS) is 18.9. The Kier molecular flexibility index (Phi) is 5.60. The zero-order valence-corrected chi connectivity index (χ0v) is 16.5. The maximum Gasteiger partial charge on any atom is 0.226 e. The number of aromatic nitrogens is 1. The molecule has 5 nitrogen and oxygen atoms in total. The van der Waals surface area contributed by atoms with Crippen LogP contribution in [0.1, 0.15) is 36.8 Å². The molecule has 2 amide bonds. The molecule has 0 N–H and O–H groups in total. The van der Waals surface area contributed by atoms with Crippen LogP contribution in [-0.2, 0) is 22.6 Å². The van der Waals surface area contributed by atoms with Crippen LogP contribution in [0.15, 0.2) is 48.8 Å². The van der Waals surface area contributed by atoms with E-state index in [9.17, 15) is 14.0 Å². The fourth-order valence-corrected chi connectivity index (χ4v) is 4.53. The summed E-state index contributed by atoms with van der Waals surface area (Å²) in [6.07, 6.45) is 7.04. The minimum Gasteiger partial charge on any atom is -0.342 e. The summed E-state index contributed by atoms with van der Waals surface area (Å²) < 4.78 is 13.4. The number of carbonyl (C=O) groups is 2. The minimum atomic E-state index is -0.312. The molecule has 0 unspecified atom stereocenters. The van der Waals surface area contributed by atoms with Crippen LogP contribution in [0.25, 0.3) is 0 Å². The van der Waals surface area contributed by atoms with Gasteiger partial charge in [-0.3, -0.25) is 14.6 Å². The molecule has 1 aromatic heterocycles. The van der Waals surface area contributed by atoms with Gasteiger partial charge in [0.25, 0.3) is 0 Å². The zero-order chi connectivity index (χ0) is 20.3. The number of pyridine rings is 1. The summed E-state index contributed by atoms with van der Waals surface area (Å²) in [5, 5.41) is 0. The Morgan fingerprint density at radius 2 is 1.90 bits per heavy atom. The fraction of sp³-hybridized carbons (Fsp3) is 0.435. The Labute approximate surface area is 170 Å². The molecule has 2 aromatic rings. The Morgan fingerprint density at radius 1 is 1.10 bits per heavy atom. The molecule has 1 aromatic carbocycles. The second-order valence-electron chi connectivity index (χ2n) is 8.30. The van der Waals surface area contributed by atoms with Gasteiger partial charge in [-0.1, -0.05) is 18.2 Å². The minimum absolute atomic E-state index is 0.0459. The number of amides is 2. The van der Waals surface area contributed by atoms with E-state index in [2.05, 4.69) is 4.98 Å². The van der Waals surface area contributed by atoms with Crippen molar-refractivity contribution in [2.45, 2.75) is 38.6 Å². The van der Waals surface area contributed by atoms with E-state index in [0.29, 0.717) is 31.6 Å². The quantitative estimate of drug-likeness (QED) is 0.799. The van der Waals surface area contributed by atoms with Gasteiger partial charge in [0.1, 0.15) is 5.82 Å². The van der Waals surface area contributed by atoms with Crippen LogP contribution >= 0.6 is 0 Å². The second-order valence-corrected chi connectivity index (χ2v) is 8.30. The first-order valence-electron chi connectivity index (χ1n) is 10.2. The molecule has 0 saturated carbocycles. The predicted molar refractivity (Wildman–Crippen MR) is 107 cm³/mol. The highest BCUT2D eigenvalue weighted by atomic mass is 19.1. The molecular weight excluding hydrogens is 369 g/mol. The summed E-state index contributed by atoms with van der Waals surface area (Å²) in [4.78, 5) is 33.1. The molecule has 0 atom stereocenters. The van der Waals surface area contributed by atoms with Gasteiger partial charge in [0.05, 0.1) is 6.42 Å². The van der Waals surface area contributed by atoms with Crippen LogP contribution in [0.4, 0.5) is 4.39 Å². The van der Waals surface area contributed by atoms with Crippen molar-refractivity contribution in [3.8, 4) is 0 Å². The highest BCUT2D eigenvalue weighted by Gasteiger charge is 2.41. The van der Waals surface area contributed by atoms with Crippen molar-refractivity contribution >= 4 is 11.8 Å². The van der Waals surface area contributed by atoms with Crippen molar-refractivity contribution < 1.29 is 14.0 Å². The molecule has 2 saturated heterocycles. The molecule has 4 rings (SSSR count). The van der Waals surface area contributed by atoms with Crippen molar-refractivity contribution in [2.75, 3.05) is 19.6 Å². The highest BCUT2D eigenvalue weighted by Crippen LogP contribution is 2.40. The van der Waals surface area contributed by atoms with Gasteiger partial charge in [0.2, 0.25) is 11.8 Å². The first kappa shape index (κ1) is 19.6. The van der Waals surface area contributed by atoms with Crippen LogP contribution < -0.4 is 0 Å². The van der Waals surface area contributed by atoms with Gasteiger partial charge in [-0.15, -0.1) is 0 Å². The lowest BCUT2D eigenvalue weighted by atomic mass is 9.72. The van der Waals surface area contributed by atoms with E-state index >= 15 is 0 Å². The van der Waals surface area contributed by atoms with E-state index in [-0.39, 0.29) is 29.5 Å². The number of halogens is 1. The number of hydrogen-bond donors (Lipinski definition) is 0. The van der Waals surface area contributed by atoms with Crippen LogP contribution in [0.2, 0.25) is 0 Å². The molecule has 0 radical (unpaired) electrons. The molecule has 0 bridgehead atoms. The van der Waals surface area contributed by atoms with Gasteiger partial charge in [-0.2, -0.15) is 0 Å². The lowest BCUT2D eigenvalue weighted by molar-refractivity contribution is -0.142. The monoisotopic (exact) mass is 395 g/mol. The molecule has 1 spiro atoms. The number of rotatable bonds is 4. The lowest BCUT2D eigenvalue weighted by Crippen LogP contribution is -2.52. The van der Waals surface area contributed by atoms with Gasteiger partial charge in [0.15, 0.2) is 0 Å². The molecular formula is C23H26FN3O2. The van der Waals surface area contributed by atoms with E-state index < -0.39 is 0 Å². The van der Waals surface area contributed by atoms with Gasteiger partial charge >= 0.3 is 0 Å². The second kappa shape index (κ2) is 8.31. The predicted octanol–water partition coefficient (Wildman–Crippen LogP) is 3.19. The topological polar surface area (TPSA) is 53.5 Å². The Morgan fingerprint density at radius 3 is 2.62 bits per heavy atom. The van der Waals surface area contributed by atoms with E-state index in [1.165, 1.54) is 12.1 Å². The third-order valence-electron chi connectivity index (χ3n) is 6.27. The van der Waals surface area contributed by atoms with Crippen molar-refractivity contribution in [2.24, 2.45) is 5.41 Å². The summed E-state index contributed by atoms with van der Waals surface area (Å²) in [6.45, 7) is 2.73. The third-order valence-corrected chi connectivity index (χ3v) is 6.27. The zero-order valence-electron chi connectivity index (χ0n) is 16.5. The maximum absolute atomic E-state index is 13.4. The largest absolute Gasteiger partial charge is 0.342 e. The van der Waals surface area contributed by atoms with Crippen molar-refractivity contribution in [1.82, 2.24) is 14.8 Å². The molecule has 0 aliphatic carbocycles. The molecule has 6 heteroatoms. The van der Waals surface area contributed by atoms with Crippen molar-refractivity contribution in [1.29, 1.82) is 0 Å². The van der Waals surface area contributed by atoms with Crippen LogP contribution in [0.5, 0.6) is 0 Å². The number of carbonyl (C=O) groups excluding carboxylic acids is 2. The summed E-state index contributed by atoms with van der Waals surface area (Å²) in [7, 11) is 0. The highest BCUT2D eigenvalue weighted by molar-refractivity contribution is 5.79. The summed E-state index contributed by atoms with van der Waals surface area (Å²) in [6, 6.07) is 10.1. The molecule has 152 valence electrons. The van der Waals surface area contributed by atoms with Crippen molar-refractivity contribution in [3.05, 3.63) is 65.7 Å². The van der Waals surface area contributed by atoms with Crippen LogP contribution in [0, 0.1) is 11.2 Å². The van der Waals surface area contributed by atoms with Crippen molar-refractivity contribution in [3.63, 3.8) is 0 Å². The summed E-state index contributed by atoms with van der Waals surface area (Å²) in [5.74, 6) is -0.0675. The maximum atomic E-state index is 13.4. The number of nitrogens with zero attached hydrogens (tertiary/aromatic N) is 3. The van der Waals surface area contributed by atoms with E-state index in [0.717, 1.165) is 31.4 Å². The number of likely N-dealkylation sites (tertiary alicyclic amines) is 2. The Balaban J connectivity index is 1.35. The van der Waals surface area contributed by atoms with Gasteiger partial charge in [-0.05, 0) is 54.0 Å². The molecule has 2 fully saturated rings. The van der Waals surface area contributed by atoms with Crippen LogP contribution in [-0.4, -0.2) is 46.2 Å². The summed E-state index contributed by atoms with van der Waals surface area (Å²) >= 11 is 0. The van der Waals surface area contributed by atoms with Gasteiger partial charge in [-0.25, -0.2) is 4.39 Å². The van der Waals surface area contributed by atoms with E-state index in [4.69, 9.17) is 0 Å². The van der Waals surface area contributed by atoms with Crippen LogP contribution in [0.3, 0.4) is 0 Å². The molecule has 3 heterocycles. The smallest absolute Gasteiger partial charge is 0.226 e. The molecule has 2 aliphatic rings.